The number of amides is 1. The van der Waals surface area contributed by atoms with Crippen LogP contribution in [-0.4, -0.2) is 45.0 Å². The summed E-state index contributed by atoms with van der Waals surface area (Å²) in [6, 6.07) is 6.51. The fourth-order valence-electron chi connectivity index (χ4n) is 2.98. The zero-order valence-electron chi connectivity index (χ0n) is 17.1. The van der Waals surface area contributed by atoms with E-state index in [2.05, 4.69) is 10.3 Å². The third-order valence-corrected chi connectivity index (χ3v) is 4.86. The minimum Gasteiger partial charge on any atom is -0.478 e. The molecule has 2 aromatic rings. The van der Waals surface area contributed by atoms with Gasteiger partial charge < -0.3 is 20.9 Å². The Hall–Kier alpha value is -3.85. The van der Waals surface area contributed by atoms with E-state index in [4.69, 9.17) is 27.5 Å². The Balaban J connectivity index is 2.18. The molecule has 0 saturated carbocycles. The molecule has 2 rings (SSSR count). The summed E-state index contributed by atoms with van der Waals surface area (Å²) in [6.45, 7) is 1.72. The summed E-state index contributed by atoms with van der Waals surface area (Å²) in [6.07, 6.45) is 4.87. The number of carboxylic acids is 2. The fraction of sp³-hybridized carbons (Fsp3) is 0.182. The molecule has 32 heavy (non-hydrogen) atoms. The smallest absolute Gasteiger partial charge is 0.356 e. The van der Waals surface area contributed by atoms with Crippen molar-refractivity contribution in [2.45, 2.75) is 26.2 Å². The maximum absolute atomic E-state index is 12.1. The number of nitrogens with one attached hydrogen (secondary N) is 3. The normalized spacial score (nSPS) is 10.7. The third-order valence-electron chi connectivity index (χ3n) is 4.54. The number of benzene rings is 1. The molecule has 0 aliphatic rings. The number of rotatable bonds is 10. The van der Waals surface area contributed by atoms with Crippen molar-refractivity contribution in [1.82, 2.24) is 4.98 Å². The molecule has 0 spiro atoms. The van der Waals surface area contributed by atoms with Crippen LogP contribution in [-0.2, 0) is 17.6 Å². The number of carboxylic acid groups (broad SMARTS) is 2. The summed E-state index contributed by atoms with van der Waals surface area (Å²) in [5.41, 5.74) is 1.37. The number of aromatic nitrogens is 1. The highest BCUT2D eigenvalue weighted by Gasteiger charge is 2.19. The van der Waals surface area contributed by atoms with Gasteiger partial charge in [-0.05, 0) is 67.2 Å². The van der Waals surface area contributed by atoms with Crippen LogP contribution in [0, 0.1) is 17.7 Å². The molecule has 9 nitrogen and oxygen atoms in total. The number of allylic oxidation sites excluding steroid dienone is 1. The average Bonchev–Trinajstić information content (AvgIpc) is 2.73. The molecular formula is C22H21ClN4O5. The van der Waals surface area contributed by atoms with E-state index in [1.165, 1.54) is 12.1 Å². The minimum atomic E-state index is -1.38. The Bertz CT molecular complexity index is 1130. The summed E-state index contributed by atoms with van der Waals surface area (Å²) in [5.74, 6) is -3.22. The largest absolute Gasteiger partial charge is 0.478 e. The second kappa shape index (κ2) is 11.0. The molecule has 166 valence electrons. The highest BCUT2D eigenvalue weighted by Crippen LogP contribution is 2.24. The Morgan fingerprint density at radius 3 is 2.47 bits per heavy atom. The van der Waals surface area contributed by atoms with E-state index < -0.39 is 29.3 Å². The molecular weight excluding hydrogens is 436 g/mol. The molecule has 0 radical (unpaired) electrons. The molecule has 0 aliphatic heterocycles. The number of aromatic carboxylic acids is 2. The molecule has 0 bridgehead atoms. The highest BCUT2D eigenvalue weighted by molar-refractivity contribution is 6.46. The summed E-state index contributed by atoms with van der Waals surface area (Å²) >= 11 is 6.14. The van der Waals surface area contributed by atoms with Crippen LogP contribution >= 0.6 is 11.6 Å². The molecule has 0 saturated heterocycles. The van der Waals surface area contributed by atoms with Gasteiger partial charge in [-0.2, -0.15) is 0 Å². The molecule has 1 aromatic carbocycles. The summed E-state index contributed by atoms with van der Waals surface area (Å²) in [4.78, 5) is 38.6. The molecule has 0 atom stereocenters. The zero-order chi connectivity index (χ0) is 23.8. The van der Waals surface area contributed by atoms with Crippen LogP contribution in [0.4, 0.5) is 5.69 Å². The monoisotopic (exact) mass is 456 g/mol. The first kappa shape index (κ1) is 24.4. The Kier molecular flexibility index (Phi) is 8.37. The topological polar surface area (TPSA) is 164 Å². The van der Waals surface area contributed by atoms with Crippen LogP contribution in [0.15, 0.2) is 36.4 Å². The molecule has 0 fully saturated rings. The first-order valence-electron chi connectivity index (χ1n) is 9.46. The number of carbonyl (C=O) groups is 3. The lowest BCUT2D eigenvalue weighted by Gasteiger charge is -2.12. The van der Waals surface area contributed by atoms with Crippen LogP contribution in [0.1, 0.15) is 44.0 Å². The van der Waals surface area contributed by atoms with E-state index in [-0.39, 0.29) is 16.4 Å². The third kappa shape index (κ3) is 6.32. The van der Waals surface area contributed by atoms with Crippen molar-refractivity contribution < 1.29 is 24.6 Å². The van der Waals surface area contributed by atoms with Crippen molar-refractivity contribution >= 4 is 47.1 Å². The van der Waals surface area contributed by atoms with Gasteiger partial charge in [0.05, 0.1) is 11.3 Å². The molecule has 1 amide bonds. The Morgan fingerprint density at radius 1 is 1.16 bits per heavy atom. The number of anilines is 1. The number of nitrogens with zero attached hydrogens (tertiary/aromatic N) is 1. The predicted molar refractivity (Wildman–Crippen MR) is 121 cm³/mol. The van der Waals surface area contributed by atoms with Crippen LogP contribution < -0.4 is 5.32 Å². The van der Waals surface area contributed by atoms with E-state index >= 15 is 0 Å². The van der Waals surface area contributed by atoms with Gasteiger partial charge in [0.15, 0.2) is 5.69 Å². The van der Waals surface area contributed by atoms with Crippen LogP contribution in [0.2, 0.25) is 5.15 Å². The molecule has 0 unspecified atom stereocenters. The van der Waals surface area contributed by atoms with Crippen LogP contribution in [0.5, 0.6) is 0 Å². The summed E-state index contributed by atoms with van der Waals surface area (Å²) in [7, 11) is 0. The van der Waals surface area contributed by atoms with Gasteiger partial charge in [-0.3, -0.25) is 10.2 Å². The Morgan fingerprint density at radius 2 is 1.88 bits per heavy atom. The van der Waals surface area contributed by atoms with Crippen LogP contribution in [0.3, 0.4) is 0 Å². The van der Waals surface area contributed by atoms with E-state index in [0.717, 1.165) is 17.9 Å². The zero-order valence-corrected chi connectivity index (χ0v) is 17.9. The summed E-state index contributed by atoms with van der Waals surface area (Å²) in [5, 5.41) is 35.4. The van der Waals surface area contributed by atoms with Crippen molar-refractivity contribution in [3.8, 4) is 0 Å². The molecule has 1 heterocycles. The van der Waals surface area contributed by atoms with Crippen molar-refractivity contribution in [3.63, 3.8) is 0 Å². The second-order valence-electron chi connectivity index (χ2n) is 6.84. The highest BCUT2D eigenvalue weighted by atomic mass is 35.5. The summed E-state index contributed by atoms with van der Waals surface area (Å²) < 4.78 is 0. The van der Waals surface area contributed by atoms with Gasteiger partial charge in [0.1, 0.15) is 10.9 Å². The first-order valence-corrected chi connectivity index (χ1v) is 9.84. The van der Waals surface area contributed by atoms with Gasteiger partial charge in [-0.15, -0.1) is 0 Å². The average molecular weight is 457 g/mol. The number of hydrogen-bond donors (Lipinski definition) is 5. The predicted octanol–water partition coefficient (Wildman–Crippen LogP) is 3.78. The van der Waals surface area contributed by atoms with Crippen molar-refractivity contribution in [3.05, 3.63) is 69.5 Å². The van der Waals surface area contributed by atoms with Gasteiger partial charge in [0.2, 0.25) is 0 Å². The molecule has 1 aromatic heterocycles. The molecule has 0 aliphatic carbocycles. The molecule has 5 N–H and O–H groups in total. The lowest BCUT2D eigenvalue weighted by Crippen LogP contribution is -2.22. The lowest BCUT2D eigenvalue weighted by atomic mass is 10.00. The number of carbonyl (C=O) groups excluding carboxylic acids is 1. The van der Waals surface area contributed by atoms with Gasteiger partial charge in [0.25, 0.3) is 5.91 Å². The van der Waals surface area contributed by atoms with Crippen molar-refractivity contribution in [1.29, 1.82) is 10.8 Å². The van der Waals surface area contributed by atoms with Gasteiger partial charge >= 0.3 is 11.9 Å². The van der Waals surface area contributed by atoms with Crippen LogP contribution in [0.25, 0.3) is 0 Å². The maximum atomic E-state index is 12.1. The van der Waals surface area contributed by atoms with E-state index in [9.17, 15) is 19.5 Å². The number of halogens is 1. The second-order valence-corrected chi connectivity index (χ2v) is 7.20. The SMILES string of the molecule is Cc1cc(CCCc2cc(NC(=O)C(=N)/C=C\C=N)c(C(=O)O)nc2Cl)ccc1C(=O)O. The first-order chi connectivity index (χ1) is 15.1. The fourth-order valence-corrected chi connectivity index (χ4v) is 3.21. The van der Waals surface area contributed by atoms with E-state index in [0.29, 0.717) is 30.4 Å². The van der Waals surface area contributed by atoms with Gasteiger partial charge in [0, 0.05) is 6.21 Å². The quantitative estimate of drug-likeness (QED) is 0.269. The standard InChI is InChI=1S/C22H21ClN4O5/c1-12-10-13(7-8-15(12)21(29)30)4-2-5-14-11-17(18(22(31)32)27-19(14)23)26-20(28)16(25)6-3-9-24/h3,6-11,24-25H,2,4-5H2,1H3,(H,26,28)(H,29,30)(H,31,32)/b6-3-,24-9?,25-16?. The number of hydrogen-bond acceptors (Lipinski definition) is 6. The van der Waals surface area contributed by atoms with Gasteiger partial charge in [-0.25, -0.2) is 14.6 Å². The van der Waals surface area contributed by atoms with Gasteiger partial charge in [-0.1, -0.05) is 23.7 Å². The van der Waals surface area contributed by atoms with E-state index in [1.54, 1.807) is 25.1 Å². The number of aryl methyl sites for hydroxylation is 3. The maximum Gasteiger partial charge on any atom is 0.356 e. The van der Waals surface area contributed by atoms with Crippen molar-refractivity contribution in [2.24, 2.45) is 0 Å². The van der Waals surface area contributed by atoms with E-state index in [1.807, 2.05) is 0 Å². The lowest BCUT2D eigenvalue weighted by molar-refractivity contribution is -0.110. The minimum absolute atomic E-state index is 0.00316. The van der Waals surface area contributed by atoms with Crippen molar-refractivity contribution in [2.75, 3.05) is 5.32 Å². The number of pyridine rings is 1. The Labute approximate surface area is 188 Å². The molecule has 10 heteroatoms.